The molecule has 1 saturated heterocycles. The molecule has 0 aliphatic carbocycles. The Morgan fingerprint density at radius 1 is 1.50 bits per heavy atom. The van der Waals surface area contributed by atoms with E-state index in [0.717, 1.165) is 6.04 Å². The first-order chi connectivity index (χ1) is 7.61. The zero-order chi connectivity index (χ0) is 12.0. The lowest BCUT2D eigenvalue weighted by Gasteiger charge is -2.40. The molecular weight excluding hydrogens is 216 g/mol. The van der Waals surface area contributed by atoms with Crippen LogP contribution < -0.4 is 5.32 Å². The van der Waals surface area contributed by atoms with Crippen molar-refractivity contribution in [2.45, 2.75) is 39.2 Å². The zero-order valence-electron chi connectivity index (χ0n) is 11.4. The Balaban J connectivity index is 2.43. The molecule has 0 saturated carbocycles. The van der Waals surface area contributed by atoms with Crippen LogP contribution in [0.15, 0.2) is 0 Å². The summed E-state index contributed by atoms with van der Waals surface area (Å²) < 4.78 is 0. The van der Waals surface area contributed by atoms with E-state index in [0.29, 0.717) is 5.41 Å². The van der Waals surface area contributed by atoms with Crippen molar-refractivity contribution in [2.75, 3.05) is 38.7 Å². The van der Waals surface area contributed by atoms with E-state index in [2.05, 4.69) is 37.4 Å². The Kier molecular flexibility index (Phi) is 6.16. The van der Waals surface area contributed by atoms with Gasteiger partial charge in [-0.15, -0.1) is 0 Å². The first-order valence-electron chi connectivity index (χ1n) is 6.51. The fraction of sp³-hybridized carbons (Fsp3) is 1.00. The van der Waals surface area contributed by atoms with Crippen LogP contribution in [0.2, 0.25) is 0 Å². The summed E-state index contributed by atoms with van der Waals surface area (Å²) in [4.78, 5) is 2.57. The van der Waals surface area contributed by atoms with Crippen molar-refractivity contribution in [3.8, 4) is 0 Å². The average molecular weight is 244 g/mol. The van der Waals surface area contributed by atoms with Crippen LogP contribution in [0.1, 0.15) is 33.1 Å². The third-order valence-corrected chi connectivity index (χ3v) is 4.49. The van der Waals surface area contributed by atoms with Gasteiger partial charge in [-0.05, 0) is 44.5 Å². The topological polar surface area (TPSA) is 15.3 Å². The maximum Gasteiger partial charge on any atom is 0.0180 e. The second-order valence-electron chi connectivity index (χ2n) is 5.52. The first-order valence-corrected chi connectivity index (χ1v) is 7.90. The second-order valence-corrected chi connectivity index (χ2v) is 6.43. The highest BCUT2D eigenvalue weighted by atomic mass is 32.2. The molecule has 2 atom stereocenters. The smallest absolute Gasteiger partial charge is 0.0180 e. The number of thioether (sulfide) groups is 1. The number of rotatable bonds is 6. The highest BCUT2D eigenvalue weighted by molar-refractivity contribution is 7.98. The minimum absolute atomic E-state index is 0.485. The molecule has 0 radical (unpaired) electrons. The molecular formula is C13H28N2S. The molecule has 2 unspecified atom stereocenters. The molecule has 0 bridgehead atoms. The Hall–Kier alpha value is 0.270. The van der Waals surface area contributed by atoms with Gasteiger partial charge >= 0.3 is 0 Å². The molecule has 1 aliphatic heterocycles. The highest BCUT2D eigenvalue weighted by Gasteiger charge is 2.29. The fourth-order valence-electron chi connectivity index (χ4n) is 2.73. The molecule has 2 nitrogen and oxygen atoms in total. The lowest BCUT2D eigenvalue weighted by molar-refractivity contribution is 0.126. The zero-order valence-corrected chi connectivity index (χ0v) is 12.2. The molecule has 0 amide bonds. The van der Waals surface area contributed by atoms with E-state index in [1.54, 1.807) is 0 Å². The Morgan fingerprint density at radius 2 is 2.25 bits per heavy atom. The van der Waals surface area contributed by atoms with Crippen molar-refractivity contribution in [1.82, 2.24) is 10.2 Å². The van der Waals surface area contributed by atoms with Gasteiger partial charge in [-0.25, -0.2) is 0 Å². The van der Waals surface area contributed by atoms with Crippen LogP contribution in [-0.2, 0) is 0 Å². The van der Waals surface area contributed by atoms with Crippen molar-refractivity contribution in [2.24, 2.45) is 5.41 Å². The highest BCUT2D eigenvalue weighted by Crippen LogP contribution is 2.27. The standard InChI is InChI=1S/C13H28N2S/c1-5-12(9-16-4)15(3)11-13(2)7-6-8-14-10-13/h12,14H,5-11H2,1-4H3. The van der Waals surface area contributed by atoms with E-state index < -0.39 is 0 Å². The first kappa shape index (κ1) is 14.3. The summed E-state index contributed by atoms with van der Waals surface area (Å²) >= 11 is 1.97. The van der Waals surface area contributed by atoms with Gasteiger partial charge in [-0.2, -0.15) is 11.8 Å². The molecule has 0 spiro atoms. The fourth-order valence-corrected chi connectivity index (χ4v) is 3.61. The van der Waals surface area contributed by atoms with Gasteiger partial charge in [0, 0.05) is 24.9 Å². The summed E-state index contributed by atoms with van der Waals surface area (Å²) in [7, 11) is 2.30. The number of nitrogens with zero attached hydrogens (tertiary/aromatic N) is 1. The van der Waals surface area contributed by atoms with Gasteiger partial charge in [-0.1, -0.05) is 13.8 Å². The summed E-state index contributed by atoms with van der Waals surface area (Å²) in [6, 6.07) is 0.744. The molecule has 0 aromatic carbocycles. The Bertz CT molecular complexity index is 190. The quantitative estimate of drug-likeness (QED) is 0.772. The largest absolute Gasteiger partial charge is 0.316 e. The maximum absolute atomic E-state index is 3.54. The third kappa shape index (κ3) is 4.27. The van der Waals surface area contributed by atoms with Crippen molar-refractivity contribution >= 4 is 11.8 Å². The lowest BCUT2D eigenvalue weighted by Crippen LogP contribution is -2.47. The normalized spacial score (nSPS) is 28.3. The molecule has 0 aromatic heterocycles. The van der Waals surface area contributed by atoms with E-state index in [4.69, 9.17) is 0 Å². The van der Waals surface area contributed by atoms with E-state index in [-0.39, 0.29) is 0 Å². The number of piperidine rings is 1. The van der Waals surface area contributed by atoms with E-state index in [1.165, 1.54) is 44.6 Å². The molecule has 3 heteroatoms. The van der Waals surface area contributed by atoms with E-state index in [1.807, 2.05) is 11.8 Å². The van der Waals surface area contributed by atoms with Gasteiger partial charge < -0.3 is 10.2 Å². The molecule has 96 valence electrons. The minimum atomic E-state index is 0.485. The second kappa shape index (κ2) is 6.87. The van der Waals surface area contributed by atoms with Crippen LogP contribution >= 0.6 is 11.8 Å². The predicted molar refractivity (Wildman–Crippen MR) is 75.3 cm³/mol. The third-order valence-electron chi connectivity index (χ3n) is 3.77. The molecule has 16 heavy (non-hydrogen) atoms. The van der Waals surface area contributed by atoms with Gasteiger partial charge in [-0.3, -0.25) is 0 Å². The molecule has 1 N–H and O–H groups in total. The van der Waals surface area contributed by atoms with Crippen LogP contribution in [0.4, 0.5) is 0 Å². The van der Waals surface area contributed by atoms with Gasteiger partial charge in [0.2, 0.25) is 0 Å². The summed E-state index contributed by atoms with van der Waals surface area (Å²) in [5.41, 5.74) is 0.485. The predicted octanol–water partition coefficient (Wildman–Crippen LogP) is 2.45. The minimum Gasteiger partial charge on any atom is -0.316 e. The van der Waals surface area contributed by atoms with Gasteiger partial charge in [0.25, 0.3) is 0 Å². The van der Waals surface area contributed by atoms with Crippen LogP contribution in [0.25, 0.3) is 0 Å². The molecule has 0 aromatic rings. The number of hydrogen-bond donors (Lipinski definition) is 1. The van der Waals surface area contributed by atoms with Crippen LogP contribution in [0.5, 0.6) is 0 Å². The van der Waals surface area contributed by atoms with Crippen molar-refractivity contribution < 1.29 is 0 Å². The lowest BCUT2D eigenvalue weighted by atomic mass is 9.82. The maximum atomic E-state index is 3.54. The number of nitrogens with one attached hydrogen (secondary N) is 1. The molecule has 1 heterocycles. The number of hydrogen-bond acceptors (Lipinski definition) is 3. The Labute approximate surface area is 106 Å². The van der Waals surface area contributed by atoms with Crippen molar-refractivity contribution in [3.63, 3.8) is 0 Å². The van der Waals surface area contributed by atoms with Gasteiger partial charge in [0.1, 0.15) is 0 Å². The van der Waals surface area contributed by atoms with Gasteiger partial charge in [0.15, 0.2) is 0 Å². The average Bonchev–Trinajstić information content (AvgIpc) is 2.26. The van der Waals surface area contributed by atoms with Crippen LogP contribution in [-0.4, -0.2) is 49.6 Å². The molecule has 1 aliphatic rings. The SMILES string of the molecule is CCC(CSC)N(C)CC1(C)CCCNC1. The summed E-state index contributed by atoms with van der Waals surface area (Å²) in [5, 5.41) is 3.54. The summed E-state index contributed by atoms with van der Waals surface area (Å²) in [5.74, 6) is 1.26. The van der Waals surface area contributed by atoms with Crippen LogP contribution in [0.3, 0.4) is 0 Å². The van der Waals surface area contributed by atoms with E-state index >= 15 is 0 Å². The summed E-state index contributed by atoms with van der Waals surface area (Å²) in [6.07, 6.45) is 6.19. The summed E-state index contributed by atoms with van der Waals surface area (Å²) in [6.45, 7) is 8.37. The van der Waals surface area contributed by atoms with Crippen LogP contribution in [0, 0.1) is 5.41 Å². The van der Waals surface area contributed by atoms with Crippen molar-refractivity contribution in [3.05, 3.63) is 0 Å². The van der Waals surface area contributed by atoms with Gasteiger partial charge in [0.05, 0.1) is 0 Å². The van der Waals surface area contributed by atoms with Crippen molar-refractivity contribution in [1.29, 1.82) is 0 Å². The molecule has 1 rings (SSSR count). The van der Waals surface area contributed by atoms with E-state index in [9.17, 15) is 0 Å². The molecule has 1 fully saturated rings. The monoisotopic (exact) mass is 244 g/mol. The Morgan fingerprint density at radius 3 is 2.75 bits per heavy atom.